The van der Waals surface area contributed by atoms with E-state index < -0.39 is 0 Å². The fraction of sp³-hybridized carbons (Fsp3) is 0.435. The third-order valence-corrected chi connectivity index (χ3v) is 5.34. The van der Waals surface area contributed by atoms with E-state index in [-0.39, 0.29) is 24.0 Å². The van der Waals surface area contributed by atoms with Crippen molar-refractivity contribution in [3.05, 3.63) is 70.2 Å². The average molecular weight is 544 g/mol. The van der Waals surface area contributed by atoms with Crippen molar-refractivity contribution in [2.75, 3.05) is 26.8 Å². The van der Waals surface area contributed by atoms with E-state index in [4.69, 9.17) is 21.1 Å². The number of benzene rings is 2. The second-order valence-electron chi connectivity index (χ2n) is 7.14. The van der Waals surface area contributed by atoms with Crippen molar-refractivity contribution in [1.82, 2.24) is 10.6 Å². The molecule has 0 saturated carbocycles. The van der Waals surface area contributed by atoms with Crippen LogP contribution in [-0.4, -0.2) is 38.9 Å². The zero-order chi connectivity index (χ0) is 20.3. The van der Waals surface area contributed by atoms with Gasteiger partial charge in [-0.05, 0) is 42.0 Å². The average Bonchev–Trinajstić information content (AvgIpc) is 2.77. The summed E-state index contributed by atoms with van der Waals surface area (Å²) in [6.45, 7) is 3.72. The molecule has 0 amide bonds. The topological polar surface area (TPSA) is 54.9 Å². The van der Waals surface area contributed by atoms with Gasteiger partial charge in [-0.2, -0.15) is 0 Å². The minimum Gasteiger partial charge on any atom is -0.381 e. The fourth-order valence-corrected chi connectivity index (χ4v) is 3.54. The second-order valence-corrected chi connectivity index (χ2v) is 7.54. The molecule has 1 saturated heterocycles. The van der Waals surface area contributed by atoms with Gasteiger partial charge in [-0.1, -0.05) is 54.1 Å². The Kier molecular flexibility index (Phi) is 11.5. The summed E-state index contributed by atoms with van der Waals surface area (Å²) in [4.78, 5) is 4.30. The highest BCUT2D eigenvalue weighted by Crippen LogP contribution is 2.15. The van der Waals surface area contributed by atoms with Crippen LogP contribution in [0, 0.1) is 0 Å². The van der Waals surface area contributed by atoms with E-state index in [2.05, 4.69) is 39.9 Å². The van der Waals surface area contributed by atoms with E-state index in [1.165, 1.54) is 11.1 Å². The van der Waals surface area contributed by atoms with E-state index in [0.29, 0.717) is 19.3 Å². The summed E-state index contributed by atoms with van der Waals surface area (Å²) in [5, 5.41) is 7.51. The van der Waals surface area contributed by atoms with Gasteiger partial charge in [0.2, 0.25) is 0 Å². The van der Waals surface area contributed by atoms with Crippen molar-refractivity contribution < 1.29 is 9.47 Å². The van der Waals surface area contributed by atoms with Gasteiger partial charge in [-0.15, -0.1) is 24.0 Å². The summed E-state index contributed by atoms with van der Waals surface area (Å²) in [7, 11) is 1.78. The first kappa shape index (κ1) is 24.9. The van der Waals surface area contributed by atoms with Crippen molar-refractivity contribution in [1.29, 1.82) is 0 Å². The van der Waals surface area contributed by atoms with Crippen LogP contribution in [-0.2, 0) is 29.0 Å². The highest BCUT2D eigenvalue weighted by Gasteiger charge is 2.14. The van der Waals surface area contributed by atoms with E-state index in [0.717, 1.165) is 55.6 Å². The molecule has 164 valence electrons. The predicted octanol–water partition coefficient (Wildman–Crippen LogP) is 4.56. The minimum absolute atomic E-state index is 0. The Morgan fingerprint density at radius 2 is 1.87 bits per heavy atom. The predicted molar refractivity (Wildman–Crippen MR) is 134 cm³/mol. The van der Waals surface area contributed by atoms with Crippen molar-refractivity contribution in [2.45, 2.75) is 38.5 Å². The Balaban J connectivity index is 0.00000320. The number of rotatable bonds is 8. The van der Waals surface area contributed by atoms with E-state index in [1.54, 1.807) is 7.05 Å². The fourth-order valence-electron chi connectivity index (χ4n) is 3.31. The number of ether oxygens (including phenoxy) is 2. The lowest BCUT2D eigenvalue weighted by Gasteiger charge is -2.22. The van der Waals surface area contributed by atoms with Gasteiger partial charge in [0.15, 0.2) is 5.96 Å². The van der Waals surface area contributed by atoms with Gasteiger partial charge in [0.05, 0.1) is 12.7 Å². The third kappa shape index (κ3) is 8.41. The SMILES string of the molecule is CN=C(NCCc1ccccc1Cl)NCc1cccc(COC2CCOCC2)c1.I. The summed E-state index contributed by atoms with van der Waals surface area (Å²) >= 11 is 6.21. The molecule has 0 spiro atoms. The normalized spacial score (nSPS) is 14.8. The van der Waals surface area contributed by atoms with E-state index in [1.807, 2.05) is 24.3 Å². The molecule has 0 atom stereocenters. The first-order valence-corrected chi connectivity index (χ1v) is 10.6. The maximum atomic E-state index is 6.21. The van der Waals surface area contributed by atoms with Crippen molar-refractivity contribution in [3.8, 4) is 0 Å². The van der Waals surface area contributed by atoms with Crippen LogP contribution in [0.3, 0.4) is 0 Å². The highest BCUT2D eigenvalue weighted by molar-refractivity contribution is 14.0. The van der Waals surface area contributed by atoms with Gasteiger partial charge in [0.25, 0.3) is 0 Å². The standard InChI is InChI=1S/C23H30ClN3O2.HI/c1-25-23(26-12-9-20-7-2-3-8-22(20)24)27-16-18-5-4-6-19(15-18)17-29-21-10-13-28-14-11-21;/h2-8,15,21H,9-14,16-17H2,1H3,(H2,25,26,27);1H. The molecule has 2 aromatic rings. The molecule has 0 radical (unpaired) electrons. The maximum absolute atomic E-state index is 6.21. The maximum Gasteiger partial charge on any atom is 0.191 e. The van der Waals surface area contributed by atoms with E-state index in [9.17, 15) is 0 Å². The van der Waals surface area contributed by atoms with Crippen LogP contribution < -0.4 is 10.6 Å². The van der Waals surface area contributed by atoms with Gasteiger partial charge < -0.3 is 20.1 Å². The molecule has 30 heavy (non-hydrogen) atoms. The molecular formula is C23H31ClIN3O2. The molecule has 0 aromatic heterocycles. The molecule has 1 heterocycles. The van der Waals surface area contributed by atoms with Crippen LogP contribution in [0.4, 0.5) is 0 Å². The molecule has 2 N–H and O–H groups in total. The van der Waals surface area contributed by atoms with Crippen LogP contribution in [0.1, 0.15) is 29.5 Å². The molecule has 1 aliphatic heterocycles. The van der Waals surface area contributed by atoms with Gasteiger partial charge >= 0.3 is 0 Å². The lowest BCUT2D eigenvalue weighted by Crippen LogP contribution is -2.37. The molecule has 7 heteroatoms. The lowest BCUT2D eigenvalue weighted by molar-refractivity contribution is -0.0390. The lowest BCUT2D eigenvalue weighted by atomic mass is 10.1. The highest BCUT2D eigenvalue weighted by atomic mass is 127. The molecule has 1 aliphatic rings. The number of nitrogens with zero attached hydrogens (tertiary/aromatic N) is 1. The number of hydrogen-bond acceptors (Lipinski definition) is 3. The van der Waals surface area contributed by atoms with Crippen LogP contribution in [0.2, 0.25) is 5.02 Å². The number of aliphatic imine (C=N–C) groups is 1. The van der Waals surface area contributed by atoms with Gasteiger partial charge in [-0.3, -0.25) is 4.99 Å². The zero-order valence-corrected chi connectivity index (χ0v) is 20.5. The summed E-state index contributed by atoms with van der Waals surface area (Å²) in [5.74, 6) is 0.779. The quantitative estimate of drug-likeness (QED) is 0.291. The largest absolute Gasteiger partial charge is 0.381 e. The smallest absolute Gasteiger partial charge is 0.191 e. The molecule has 0 aliphatic carbocycles. The second kappa shape index (κ2) is 13.9. The van der Waals surface area contributed by atoms with Crippen LogP contribution in [0.5, 0.6) is 0 Å². The third-order valence-electron chi connectivity index (χ3n) is 4.97. The molecule has 0 bridgehead atoms. The van der Waals surface area contributed by atoms with Crippen molar-refractivity contribution in [2.24, 2.45) is 4.99 Å². The monoisotopic (exact) mass is 543 g/mol. The summed E-state index contributed by atoms with van der Waals surface area (Å²) in [6.07, 6.45) is 3.13. The Morgan fingerprint density at radius 1 is 1.10 bits per heavy atom. The van der Waals surface area contributed by atoms with Gasteiger partial charge in [0.1, 0.15) is 0 Å². The number of guanidine groups is 1. The van der Waals surface area contributed by atoms with Crippen LogP contribution in [0.25, 0.3) is 0 Å². The number of nitrogens with one attached hydrogen (secondary N) is 2. The van der Waals surface area contributed by atoms with Gasteiger partial charge in [-0.25, -0.2) is 0 Å². The Bertz CT molecular complexity index is 798. The zero-order valence-electron chi connectivity index (χ0n) is 17.4. The number of hydrogen-bond donors (Lipinski definition) is 2. The number of halogens is 2. The van der Waals surface area contributed by atoms with Gasteiger partial charge in [0, 0.05) is 38.4 Å². The van der Waals surface area contributed by atoms with Crippen molar-refractivity contribution in [3.63, 3.8) is 0 Å². The molecule has 1 fully saturated rings. The molecule has 2 aromatic carbocycles. The Morgan fingerprint density at radius 3 is 2.63 bits per heavy atom. The molecule has 5 nitrogen and oxygen atoms in total. The summed E-state index contributed by atoms with van der Waals surface area (Å²) in [5.41, 5.74) is 3.53. The molecule has 3 rings (SSSR count). The first-order chi connectivity index (χ1) is 14.2. The Hall–Kier alpha value is -1.35. The van der Waals surface area contributed by atoms with Crippen LogP contribution in [0.15, 0.2) is 53.5 Å². The van der Waals surface area contributed by atoms with Crippen molar-refractivity contribution >= 4 is 41.5 Å². The molecule has 0 unspecified atom stereocenters. The first-order valence-electron chi connectivity index (χ1n) is 10.2. The molecular weight excluding hydrogens is 513 g/mol. The minimum atomic E-state index is 0. The Labute approximate surface area is 201 Å². The summed E-state index contributed by atoms with van der Waals surface area (Å²) < 4.78 is 11.4. The van der Waals surface area contributed by atoms with E-state index >= 15 is 0 Å². The van der Waals surface area contributed by atoms with Crippen LogP contribution >= 0.6 is 35.6 Å². The summed E-state index contributed by atoms with van der Waals surface area (Å²) in [6, 6.07) is 16.4.